The van der Waals surface area contributed by atoms with Crippen molar-refractivity contribution < 1.29 is 46.3 Å². The highest BCUT2D eigenvalue weighted by Gasteiger charge is 2.21. The van der Waals surface area contributed by atoms with Gasteiger partial charge >= 0.3 is 6.18 Å². The molecule has 18 heteroatoms. The molecule has 0 amide bonds. The second-order valence-corrected chi connectivity index (χ2v) is 7.05. The molecule has 208 valence electrons. The van der Waals surface area contributed by atoms with Crippen LogP contribution in [0.15, 0.2) is 45.7 Å². The zero-order valence-corrected chi connectivity index (χ0v) is 24.7. The lowest BCUT2D eigenvalue weighted by atomic mass is 10.5. The van der Waals surface area contributed by atoms with Gasteiger partial charge in [-0.25, -0.2) is 17.6 Å². The number of allylic oxidation sites excluding steroid dienone is 4. The lowest BCUT2D eigenvalue weighted by Crippen LogP contribution is -2.01. The molecule has 0 saturated heterocycles. The van der Waals surface area contributed by atoms with Crippen molar-refractivity contribution in [1.82, 2.24) is 0 Å². The van der Waals surface area contributed by atoms with Crippen LogP contribution in [0.5, 0.6) is 0 Å². The summed E-state index contributed by atoms with van der Waals surface area (Å²) in [5.41, 5.74) is -0.0895. The van der Waals surface area contributed by atoms with Gasteiger partial charge in [0.2, 0.25) is 10.9 Å². The molecule has 0 heterocycles. The van der Waals surface area contributed by atoms with Gasteiger partial charge in [0.1, 0.15) is 12.7 Å². The van der Waals surface area contributed by atoms with Crippen LogP contribution in [0.3, 0.4) is 0 Å². The van der Waals surface area contributed by atoms with Crippen LogP contribution in [0.4, 0.5) is 35.4 Å². The first kappa shape index (κ1) is 59.4. The maximum Gasteiger partial charge on any atom is 0.411 e. The molecule has 0 saturated carbocycles. The molecule has 0 aliphatic heterocycles. The van der Waals surface area contributed by atoms with Gasteiger partial charge < -0.3 is 0 Å². The summed E-state index contributed by atoms with van der Waals surface area (Å²) in [6, 6.07) is 0. The minimum atomic E-state index is -4.51. The molecule has 0 radical (unpaired) electrons. The standard InChI is InChI=1S/C3H5Cl2F.C3H4Cl2.2C3H4ClF.C3H2F4.Cl2H.2ClH.FH/c1-2(4)3(5)6;1-3(5)2-4;2*1-3(4)2-5;4-2-1-3(5,6)7;1-2;;;/h2-3H,1H3;3*2H,1H3;1-2H;1H;3*1H/q;;;;;+1;;;/b;3-2-;3-2+;3-2-;;;;;. The highest BCUT2D eigenvalue weighted by molar-refractivity contribution is 6.36. The van der Waals surface area contributed by atoms with E-state index in [0.717, 1.165) is 0 Å². The molecule has 0 aromatic carbocycles. The van der Waals surface area contributed by atoms with Gasteiger partial charge in [-0.2, -0.15) is 13.2 Å². The largest absolute Gasteiger partial charge is 0.411 e. The van der Waals surface area contributed by atoms with Crippen molar-refractivity contribution in [3.05, 3.63) is 45.7 Å². The summed E-state index contributed by atoms with van der Waals surface area (Å²) >= 11 is 30.1. The predicted molar refractivity (Wildman–Crippen MR) is 134 cm³/mol. The van der Waals surface area contributed by atoms with Crippen molar-refractivity contribution in [2.24, 2.45) is 0 Å². The summed E-state index contributed by atoms with van der Waals surface area (Å²) in [7, 11) is 7.78. The van der Waals surface area contributed by atoms with Crippen LogP contribution in [0, 0.1) is 10.9 Å². The smallest absolute Gasteiger partial charge is 0.269 e. The third-order valence-electron chi connectivity index (χ3n) is 1.05. The molecule has 0 aromatic heterocycles. The fraction of sp³-hybridized carbons (Fsp3) is 0.467. The highest BCUT2D eigenvalue weighted by atomic mass is 36.5. The molecule has 2 unspecified atom stereocenters. The Morgan fingerprint density at radius 2 is 1.00 bits per heavy atom. The van der Waals surface area contributed by atoms with Crippen molar-refractivity contribution in [3.63, 3.8) is 0 Å². The second-order valence-electron chi connectivity index (χ2n) is 3.93. The van der Waals surface area contributed by atoms with Gasteiger partial charge in [0, 0.05) is 26.7 Å². The fourth-order valence-electron chi connectivity index (χ4n) is 0.0714. The van der Waals surface area contributed by atoms with Gasteiger partial charge in [0.15, 0.2) is 5.63 Å². The van der Waals surface area contributed by atoms with Crippen molar-refractivity contribution >= 4 is 105 Å². The van der Waals surface area contributed by atoms with Crippen LogP contribution in [0.25, 0.3) is 0 Å². The van der Waals surface area contributed by atoms with Gasteiger partial charge in [-0.1, -0.05) is 58.0 Å². The molecule has 0 N–H and O–H groups in total. The molecular weight excluding hydrogens is 687 g/mol. The van der Waals surface area contributed by atoms with Crippen LogP contribution >= 0.6 is 105 Å². The summed E-state index contributed by atoms with van der Waals surface area (Å²) in [6.07, 6.45) is -4.83. The van der Waals surface area contributed by atoms with E-state index in [9.17, 15) is 30.7 Å². The van der Waals surface area contributed by atoms with Crippen molar-refractivity contribution in [3.8, 4) is 0 Å². The summed E-state index contributed by atoms with van der Waals surface area (Å²) < 4.78 is 75.9. The van der Waals surface area contributed by atoms with Gasteiger partial charge in [0.25, 0.3) is 10.9 Å². The Balaban J connectivity index is -0.0000000301. The van der Waals surface area contributed by atoms with Gasteiger partial charge in [-0.15, -0.1) is 36.4 Å². The van der Waals surface area contributed by atoms with Gasteiger partial charge in [-0.05, 0) is 27.7 Å². The third-order valence-corrected chi connectivity index (χ3v) is 2.49. The SMILES string of the molecule is C/C(Cl)=C/Cl.C/C(Cl)=C/F.C/C(Cl)=C\F.CC(Cl)C(F)Cl.Cl.Cl.Cl[ClH+].F.FC=CC(F)(F)F. The van der Waals surface area contributed by atoms with E-state index < -0.39 is 29.6 Å². The summed E-state index contributed by atoms with van der Waals surface area (Å²) in [4.78, 5) is 0. The third kappa shape index (κ3) is 139. The van der Waals surface area contributed by atoms with Crippen LogP contribution in [0.1, 0.15) is 27.7 Å². The van der Waals surface area contributed by atoms with E-state index in [2.05, 4.69) is 21.7 Å². The van der Waals surface area contributed by atoms with E-state index in [4.69, 9.17) is 69.6 Å². The molecule has 0 bridgehead atoms. The molecular formula is C15H23Cl10F8+. The minimum Gasteiger partial charge on any atom is -0.269 e. The Hall–Kier alpha value is 1.30. The summed E-state index contributed by atoms with van der Waals surface area (Å²) in [5.74, 6) is 0. The van der Waals surface area contributed by atoms with Gasteiger partial charge in [0.05, 0.1) is 11.7 Å². The number of hydrogen-bond donors (Lipinski definition) is 0. The second kappa shape index (κ2) is 46.6. The van der Waals surface area contributed by atoms with E-state index in [0.29, 0.717) is 17.7 Å². The minimum absolute atomic E-state index is 0. The fourth-order valence-corrected chi connectivity index (χ4v) is 0.0714. The highest BCUT2D eigenvalue weighted by Crippen LogP contribution is 2.15. The first-order chi connectivity index (χ1) is 13.5. The zero-order valence-electron chi connectivity index (χ0n) is 17.0. The molecule has 0 aliphatic rings. The number of halogens is 18. The van der Waals surface area contributed by atoms with Crippen molar-refractivity contribution in [1.29, 1.82) is 0 Å². The van der Waals surface area contributed by atoms with E-state index in [1.807, 2.05) is 0 Å². The summed E-state index contributed by atoms with van der Waals surface area (Å²) in [5, 5.41) is 0.410. The average molecular weight is 710 g/mol. The average Bonchev–Trinajstić information content (AvgIpc) is 2.64. The van der Waals surface area contributed by atoms with E-state index in [-0.39, 0.29) is 39.6 Å². The first-order valence-electron chi connectivity index (χ1n) is 6.71. The molecule has 33 heavy (non-hydrogen) atoms. The van der Waals surface area contributed by atoms with E-state index >= 15 is 0 Å². The quantitative estimate of drug-likeness (QED) is 0.188. The molecule has 0 rings (SSSR count). The Bertz CT molecular complexity index is 398. The summed E-state index contributed by atoms with van der Waals surface area (Å²) in [6.45, 7) is 6.16. The Morgan fingerprint density at radius 1 is 0.818 bits per heavy atom. The van der Waals surface area contributed by atoms with Crippen LogP contribution < -0.4 is 0 Å². The Morgan fingerprint density at radius 3 is 1.00 bits per heavy atom. The topological polar surface area (TPSA) is 0 Å². The molecule has 0 fully saturated rings. The number of hydrogen-bond acceptors (Lipinski definition) is 0. The van der Waals surface area contributed by atoms with Crippen molar-refractivity contribution in [2.45, 2.75) is 44.9 Å². The monoisotopic (exact) mass is 705 g/mol. The number of alkyl halides is 6. The molecule has 2 atom stereocenters. The lowest BCUT2D eigenvalue weighted by molar-refractivity contribution is -0.166. The maximum atomic E-state index is 11.5. The van der Waals surface area contributed by atoms with E-state index in [1.165, 1.54) is 26.3 Å². The van der Waals surface area contributed by atoms with Crippen LogP contribution in [0.2, 0.25) is 0 Å². The number of rotatable bonds is 1. The molecule has 0 aromatic rings. The van der Waals surface area contributed by atoms with E-state index in [1.54, 1.807) is 6.92 Å². The first-order valence-corrected chi connectivity index (χ1v) is 10.4. The normalized spacial score (nSPS) is 12.2. The predicted octanol–water partition coefficient (Wildman–Crippen LogP) is 12.0. The van der Waals surface area contributed by atoms with Crippen LogP contribution in [-0.4, -0.2) is 17.2 Å². The Kier molecular flexibility index (Phi) is 83.9. The van der Waals surface area contributed by atoms with Gasteiger partial charge in [-0.3, -0.25) is 4.70 Å². The maximum absolute atomic E-state index is 11.5. The molecule has 0 spiro atoms. The van der Waals surface area contributed by atoms with Crippen LogP contribution in [-0.2, 0) is 0 Å². The molecule has 0 aliphatic carbocycles. The lowest BCUT2D eigenvalue weighted by Gasteiger charge is -1.96. The molecule has 0 nitrogen and oxygen atoms in total. The van der Waals surface area contributed by atoms with Crippen molar-refractivity contribution in [2.75, 3.05) is 0 Å². The Labute approximate surface area is 240 Å². The zero-order chi connectivity index (χ0) is 25.9.